The van der Waals surface area contributed by atoms with Gasteiger partial charge in [-0.3, -0.25) is 14.8 Å². The molecule has 1 fully saturated rings. The molecule has 1 saturated heterocycles. The van der Waals surface area contributed by atoms with Crippen LogP contribution in [-0.2, 0) is 10.2 Å². The van der Waals surface area contributed by atoms with Crippen LogP contribution >= 0.6 is 0 Å². The number of rotatable bonds is 4. The lowest BCUT2D eigenvalue weighted by molar-refractivity contribution is 0.000538. The lowest BCUT2D eigenvalue weighted by Crippen LogP contribution is -2.46. The van der Waals surface area contributed by atoms with Crippen molar-refractivity contribution in [3.63, 3.8) is 0 Å². The van der Waals surface area contributed by atoms with Crippen molar-refractivity contribution in [3.8, 4) is 0 Å². The van der Waals surface area contributed by atoms with Crippen LogP contribution in [0.1, 0.15) is 43.7 Å². The van der Waals surface area contributed by atoms with Gasteiger partial charge in [0.05, 0.1) is 30.7 Å². The molecule has 1 aromatic rings. The predicted molar refractivity (Wildman–Crippen MR) is 81.5 cm³/mol. The Kier molecular flexibility index (Phi) is 5.00. The van der Waals surface area contributed by atoms with E-state index in [4.69, 9.17) is 4.74 Å². The van der Waals surface area contributed by atoms with E-state index in [-0.39, 0.29) is 11.3 Å². The van der Waals surface area contributed by atoms with E-state index < -0.39 is 0 Å². The molecule has 1 aliphatic heterocycles. The Bertz CT molecular complexity index is 478. The highest BCUT2D eigenvalue weighted by Gasteiger charge is 2.24. The summed E-state index contributed by atoms with van der Waals surface area (Å²) in [6, 6.07) is 0.412. The van der Waals surface area contributed by atoms with Gasteiger partial charge in [-0.15, -0.1) is 0 Å². The van der Waals surface area contributed by atoms with Crippen LogP contribution in [0.2, 0.25) is 0 Å². The molecule has 1 aliphatic rings. The third-order valence-electron chi connectivity index (χ3n) is 3.82. The Morgan fingerprint density at radius 2 is 2.33 bits per heavy atom. The number of aromatic nitrogens is 2. The number of morpholine rings is 1. The summed E-state index contributed by atoms with van der Waals surface area (Å²) in [7, 11) is 0. The maximum Gasteiger partial charge on any atom is 0.254 e. The zero-order valence-electron chi connectivity index (χ0n) is 13.4. The van der Waals surface area contributed by atoms with Gasteiger partial charge >= 0.3 is 0 Å². The Morgan fingerprint density at radius 3 is 3.00 bits per heavy atom. The van der Waals surface area contributed by atoms with Crippen LogP contribution in [0.3, 0.4) is 0 Å². The molecule has 0 saturated carbocycles. The summed E-state index contributed by atoms with van der Waals surface area (Å²) in [6.45, 7) is 12.3. The van der Waals surface area contributed by atoms with Crippen molar-refractivity contribution in [1.82, 2.24) is 20.4 Å². The zero-order valence-corrected chi connectivity index (χ0v) is 13.4. The Labute approximate surface area is 126 Å². The molecule has 1 amide bonds. The fraction of sp³-hybridized carbons (Fsp3) is 0.733. The van der Waals surface area contributed by atoms with Gasteiger partial charge in [-0.1, -0.05) is 20.8 Å². The summed E-state index contributed by atoms with van der Waals surface area (Å²) in [6.07, 6.45) is 1.60. The highest BCUT2D eigenvalue weighted by Crippen LogP contribution is 2.23. The number of nitrogens with zero attached hydrogens (tertiary/aromatic N) is 2. The second-order valence-corrected chi connectivity index (χ2v) is 6.62. The first-order valence-electron chi connectivity index (χ1n) is 7.53. The van der Waals surface area contributed by atoms with Crippen LogP contribution in [0, 0.1) is 0 Å². The Balaban J connectivity index is 1.86. The fourth-order valence-corrected chi connectivity index (χ4v) is 2.53. The molecule has 1 aromatic heterocycles. The Morgan fingerprint density at radius 1 is 1.57 bits per heavy atom. The molecule has 118 valence electrons. The van der Waals surface area contributed by atoms with Crippen molar-refractivity contribution < 1.29 is 9.53 Å². The van der Waals surface area contributed by atoms with E-state index in [0.29, 0.717) is 18.2 Å². The van der Waals surface area contributed by atoms with Gasteiger partial charge in [0.2, 0.25) is 0 Å². The molecular formula is C15H26N4O2. The first-order valence-corrected chi connectivity index (χ1v) is 7.53. The normalized spacial score (nSPS) is 20.5. The fourth-order valence-electron chi connectivity index (χ4n) is 2.53. The highest BCUT2D eigenvalue weighted by molar-refractivity contribution is 5.95. The van der Waals surface area contributed by atoms with Gasteiger partial charge < -0.3 is 10.1 Å². The first kappa shape index (κ1) is 16.0. The van der Waals surface area contributed by atoms with Crippen molar-refractivity contribution in [3.05, 3.63) is 17.5 Å². The van der Waals surface area contributed by atoms with Crippen LogP contribution in [0.25, 0.3) is 0 Å². The molecule has 6 nitrogen and oxygen atoms in total. The van der Waals surface area contributed by atoms with Crippen LogP contribution in [0.5, 0.6) is 0 Å². The van der Waals surface area contributed by atoms with E-state index in [0.717, 1.165) is 32.0 Å². The largest absolute Gasteiger partial charge is 0.379 e. The average molecular weight is 294 g/mol. The van der Waals surface area contributed by atoms with Crippen LogP contribution in [0.15, 0.2) is 6.20 Å². The van der Waals surface area contributed by atoms with Crippen molar-refractivity contribution in [2.24, 2.45) is 0 Å². The standard InChI is InChI=1S/C15H26N4O2/c1-11-10-21-8-7-19(11)6-5-16-14(20)12-9-17-18-13(12)15(2,3)4/h9,11H,5-8,10H2,1-4H3,(H,16,20)(H,17,18). The Hall–Kier alpha value is -1.40. The summed E-state index contributed by atoms with van der Waals surface area (Å²) >= 11 is 0. The van der Waals surface area contributed by atoms with Crippen molar-refractivity contribution in [2.45, 2.75) is 39.2 Å². The minimum atomic E-state index is -0.123. The number of hydrogen-bond donors (Lipinski definition) is 2. The van der Waals surface area contributed by atoms with Crippen LogP contribution in [-0.4, -0.2) is 59.9 Å². The van der Waals surface area contributed by atoms with E-state index >= 15 is 0 Å². The molecular weight excluding hydrogens is 268 g/mol. The maximum atomic E-state index is 12.3. The highest BCUT2D eigenvalue weighted by atomic mass is 16.5. The van der Waals surface area contributed by atoms with Crippen molar-refractivity contribution in [2.75, 3.05) is 32.8 Å². The summed E-state index contributed by atoms with van der Waals surface area (Å²) in [5.41, 5.74) is 1.39. The van der Waals surface area contributed by atoms with E-state index in [1.54, 1.807) is 6.20 Å². The summed E-state index contributed by atoms with van der Waals surface area (Å²) in [5, 5.41) is 9.93. The SMILES string of the molecule is CC1COCCN1CCNC(=O)c1cn[nH]c1C(C)(C)C. The van der Waals surface area contributed by atoms with Crippen molar-refractivity contribution in [1.29, 1.82) is 0 Å². The zero-order chi connectivity index (χ0) is 15.5. The number of H-pyrrole nitrogens is 1. The number of carbonyl (C=O) groups excluding carboxylic acids is 1. The van der Waals surface area contributed by atoms with Gasteiger partial charge in [0.25, 0.3) is 5.91 Å². The van der Waals surface area contributed by atoms with E-state index in [1.165, 1.54) is 0 Å². The quantitative estimate of drug-likeness (QED) is 0.874. The molecule has 1 unspecified atom stereocenters. The summed E-state index contributed by atoms with van der Waals surface area (Å²) in [5.74, 6) is -0.0606. The van der Waals surface area contributed by atoms with Crippen LogP contribution in [0.4, 0.5) is 0 Å². The van der Waals surface area contributed by atoms with Gasteiger partial charge in [0.15, 0.2) is 0 Å². The molecule has 6 heteroatoms. The van der Waals surface area contributed by atoms with E-state index in [1.807, 2.05) is 0 Å². The smallest absolute Gasteiger partial charge is 0.254 e. The van der Waals surface area contributed by atoms with E-state index in [9.17, 15) is 4.79 Å². The molecule has 0 bridgehead atoms. The number of amides is 1. The molecule has 0 spiro atoms. The number of carbonyl (C=O) groups is 1. The molecule has 2 N–H and O–H groups in total. The van der Waals surface area contributed by atoms with Gasteiger partial charge in [-0.05, 0) is 6.92 Å². The third kappa shape index (κ3) is 4.04. The minimum absolute atomic E-state index is 0.0606. The molecule has 0 radical (unpaired) electrons. The topological polar surface area (TPSA) is 70.2 Å². The predicted octanol–water partition coefficient (Wildman–Crippen LogP) is 1.16. The number of ether oxygens (including phenoxy) is 1. The minimum Gasteiger partial charge on any atom is -0.379 e. The van der Waals surface area contributed by atoms with Crippen LogP contribution < -0.4 is 5.32 Å². The molecule has 2 rings (SSSR count). The monoisotopic (exact) mass is 294 g/mol. The number of hydrogen-bond acceptors (Lipinski definition) is 4. The lowest BCUT2D eigenvalue weighted by Gasteiger charge is -2.33. The van der Waals surface area contributed by atoms with Gasteiger partial charge in [-0.2, -0.15) is 5.10 Å². The molecule has 2 heterocycles. The van der Waals surface area contributed by atoms with Gasteiger partial charge in [-0.25, -0.2) is 0 Å². The second-order valence-electron chi connectivity index (χ2n) is 6.62. The molecule has 21 heavy (non-hydrogen) atoms. The third-order valence-corrected chi connectivity index (χ3v) is 3.82. The maximum absolute atomic E-state index is 12.3. The first-order chi connectivity index (χ1) is 9.89. The second kappa shape index (κ2) is 6.58. The molecule has 0 aromatic carbocycles. The van der Waals surface area contributed by atoms with Crippen molar-refractivity contribution >= 4 is 5.91 Å². The molecule has 1 atom stereocenters. The van der Waals surface area contributed by atoms with Gasteiger partial charge in [0, 0.05) is 31.1 Å². The number of aromatic amines is 1. The summed E-state index contributed by atoms with van der Waals surface area (Å²) in [4.78, 5) is 14.6. The van der Waals surface area contributed by atoms with E-state index in [2.05, 4.69) is 48.1 Å². The lowest BCUT2D eigenvalue weighted by atomic mass is 9.89. The average Bonchev–Trinajstić information content (AvgIpc) is 2.90. The van der Waals surface area contributed by atoms with Gasteiger partial charge in [0.1, 0.15) is 0 Å². The number of nitrogens with one attached hydrogen (secondary N) is 2. The molecule has 0 aliphatic carbocycles. The summed E-state index contributed by atoms with van der Waals surface area (Å²) < 4.78 is 5.41.